The molecule has 0 spiro atoms. The molecule has 0 heterocycles. The van der Waals surface area contributed by atoms with Gasteiger partial charge in [0.15, 0.2) is 0 Å². The van der Waals surface area contributed by atoms with Crippen molar-refractivity contribution in [3.8, 4) is 0 Å². The lowest BCUT2D eigenvalue weighted by Crippen LogP contribution is -2.44. The Labute approximate surface area is 121 Å². The monoisotopic (exact) mass is 299 g/mol. The molecule has 1 atom stereocenters. The zero-order valence-corrected chi connectivity index (χ0v) is 11.7. The van der Waals surface area contributed by atoms with Crippen LogP contribution in [0.4, 0.5) is 4.39 Å². The fourth-order valence-corrected chi connectivity index (χ4v) is 1.60. The minimum Gasteiger partial charge on any atom is -0.480 e. The number of benzene rings is 1. The lowest BCUT2D eigenvalue weighted by Gasteiger charge is -2.14. The van der Waals surface area contributed by atoms with Crippen LogP contribution in [0, 0.1) is 5.82 Å². The van der Waals surface area contributed by atoms with Gasteiger partial charge in [-0.3, -0.25) is 4.79 Å². The number of amides is 1. The molecule has 0 saturated carbocycles. The van der Waals surface area contributed by atoms with E-state index in [-0.39, 0.29) is 19.6 Å². The van der Waals surface area contributed by atoms with Gasteiger partial charge in [-0.1, -0.05) is 12.1 Å². The van der Waals surface area contributed by atoms with Crippen LogP contribution >= 0.6 is 0 Å². The van der Waals surface area contributed by atoms with Crippen LogP contribution in [0.1, 0.15) is 5.56 Å². The summed E-state index contributed by atoms with van der Waals surface area (Å²) in [7, 11) is 1.51. The summed E-state index contributed by atoms with van der Waals surface area (Å²) >= 11 is 0. The van der Waals surface area contributed by atoms with Crippen LogP contribution in [0.15, 0.2) is 24.3 Å². The first-order chi connectivity index (χ1) is 10.0. The Morgan fingerprint density at radius 3 is 2.52 bits per heavy atom. The summed E-state index contributed by atoms with van der Waals surface area (Å²) in [5.41, 5.74) is 0.615. The topological polar surface area (TPSA) is 84.9 Å². The minimum absolute atomic E-state index is 0.0689. The highest BCUT2D eigenvalue weighted by Gasteiger charge is 2.20. The quantitative estimate of drug-likeness (QED) is 0.652. The third kappa shape index (κ3) is 6.82. The first-order valence-corrected chi connectivity index (χ1v) is 6.36. The Bertz CT molecular complexity index is 463. The molecule has 1 aromatic rings. The smallest absolute Gasteiger partial charge is 0.326 e. The van der Waals surface area contributed by atoms with E-state index in [4.69, 9.17) is 14.6 Å². The molecular formula is C14H18FNO5. The lowest BCUT2D eigenvalue weighted by molar-refractivity contribution is -0.142. The van der Waals surface area contributed by atoms with Crippen molar-refractivity contribution in [2.45, 2.75) is 12.5 Å². The molecule has 0 aromatic heterocycles. The Morgan fingerprint density at radius 1 is 1.29 bits per heavy atom. The molecule has 0 aliphatic heterocycles. The van der Waals surface area contributed by atoms with Gasteiger partial charge in [-0.2, -0.15) is 0 Å². The van der Waals surface area contributed by atoms with Crippen molar-refractivity contribution in [3.05, 3.63) is 35.6 Å². The summed E-state index contributed by atoms with van der Waals surface area (Å²) in [6.07, 6.45) is 0.0689. The van der Waals surface area contributed by atoms with Crippen molar-refractivity contribution < 1.29 is 28.6 Å². The molecule has 0 aliphatic rings. The number of nitrogens with one attached hydrogen (secondary N) is 1. The summed E-state index contributed by atoms with van der Waals surface area (Å²) < 4.78 is 22.5. The summed E-state index contributed by atoms with van der Waals surface area (Å²) in [4.78, 5) is 22.7. The fourth-order valence-electron chi connectivity index (χ4n) is 1.60. The number of carbonyl (C=O) groups excluding carboxylic acids is 1. The van der Waals surface area contributed by atoms with Crippen molar-refractivity contribution in [1.29, 1.82) is 0 Å². The number of carboxylic acids is 1. The van der Waals surface area contributed by atoms with Crippen LogP contribution in [0.5, 0.6) is 0 Å². The van der Waals surface area contributed by atoms with Gasteiger partial charge in [0, 0.05) is 13.5 Å². The molecule has 0 unspecified atom stereocenters. The van der Waals surface area contributed by atoms with E-state index in [1.54, 1.807) is 0 Å². The lowest BCUT2D eigenvalue weighted by atomic mass is 10.1. The highest BCUT2D eigenvalue weighted by atomic mass is 19.1. The molecule has 0 radical (unpaired) electrons. The number of ether oxygens (including phenoxy) is 2. The predicted molar refractivity (Wildman–Crippen MR) is 72.4 cm³/mol. The van der Waals surface area contributed by atoms with Gasteiger partial charge in [0.2, 0.25) is 5.91 Å². The Balaban J connectivity index is 2.48. The van der Waals surface area contributed by atoms with Crippen LogP contribution in [-0.4, -0.2) is 50.0 Å². The second kappa shape index (κ2) is 9.04. The van der Waals surface area contributed by atoms with Gasteiger partial charge in [-0.15, -0.1) is 0 Å². The Morgan fingerprint density at radius 2 is 1.95 bits per heavy atom. The summed E-state index contributed by atoms with van der Waals surface area (Å²) in [5, 5.41) is 11.5. The summed E-state index contributed by atoms with van der Waals surface area (Å²) in [6, 6.07) is 4.35. The Hall–Kier alpha value is -1.99. The van der Waals surface area contributed by atoms with E-state index in [0.29, 0.717) is 12.2 Å². The van der Waals surface area contributed by atoms with Crippen molar-refractivity contribution in [2.75, 3.05) is 26.9 Å². The van der Waals surface area contributed by atoms with Gasteiger partial charge < -0.3 is 19.9 Å². The van der Waals surface area contributed by atoms with Crippen LogP contribution in [0.25, 0.3) is 0 Å². The molecule has 0 aliphatic carbocycles. The SMILES string of the molecule is COCCOCC(=O)N[C@@H](Cc1ccc(F)cc1)C(=O)O. The molecular weight excluding hydrogens is 281 g/mol. The number of methoxy groups -OCH3 is 1. The van der Waals surface area contributed by atoms with E-state index in [9.17, 15) is 14.0 Å². The standard InChI is InChI=1S/C14H18FNO5/c1-20-6-7-21-9-13(17)16-12(14(18)19)8-10-2-4-11(15)5-3-10/h2-5,12H,6-9H2,1H3,(H,16,17)(H,18,19)/t12-/m0/s1. The van der Waals surface area contributed by atoms with Crippen LogP contribution < -0.4 is 5.32 Å². The van der Waals surface area contributed by atoms with Crippen LogP contribution in [0.3, 0.4) is 0 Å². The number of carbonyl (C=O) groups is 2. The van der Waals surface area contributed by atoms with Crippen molar-refractivity contribution in [3.63, 3.8) is 0 Å². The average Bonchev–Trinajstić information content (AvgIpc) is 2.45. The first-order valence-electron chi connectivity index (χ1n) is 6.36. The summed E-state index contributed by atoms with van der Waals surface area (Å²) in [6.45, 7) is 0.362. The predicted octanol–water partition coefficient (Wildman–Crippen LogP) is 0.601. The molecule has 1 amide bonds. The van der Waals surface area contributed by atoms with E-state index in [1.165, 1.54) is 31.4 Å². The minimum atomic E-state index is -1.16. The zero-order chi connectivity index (χ0) is 15.7. The maximum Gasteiger partial charge on any atom is 0.326 e. The number of hydrogen-bond acceptors (Lipinski definition) is 4. The number of aliphatic carboxylic acids is 1. The van der Waals surface area contributed by atoms with Gasteiger partial charge in [0.1, 0.15) is 18.5 Å². The molecule has 6 nitrogen and oxygen atoms in total. The first kappa shape index (κ1) is 17.1. The van der Waals surface area contributed by atoms with Gasteiger partial charge in [0.25, 0.3) is 0 Å². The van der Waals surface area contributed by atoms with Gasteiger partial charge >= 0.3 is 5.97 Å². The van der Waals surface area contributed by atoms with E-state index < -0.39 is 23.7 Å². The van der Waals surface area contributed by atoms with E-state index >= 15 is 0 Å². The van der Waals surface area contributed by atoms with Gasteiger partial charge in [-0.05, 0) is 17.7 Å². The van der Waals surface area contributed by atoms with Crippen molar-refractivity contribution in [1.82, 2.24) is 5.32 Å². The van der Waals surface area contributed by atoms with E-state index in [0.717, 1.165) is 0 Å². The number of hydrogen-bond donors (Lipinski definition) is 2. The molecule has 21 heavy (non-hydrogen) atoms. The number of carboxylic acid groups (broad SMARTS) is 1. The van der Waals surface area contributed by atoms with E-state index in [1.807, 2.05) is 0 Å². The highest BCUT2D eigenvalue weighted by molar-refractivity contribution is 5.84. The molecule has 0 saturated heterocycles. The van der Waals surface area contributed by atoms with Crippen LogP contribution in [-0.2, 0) is 25.5 Å². The number of rotatable bonds is 9. The Kier molecular flexibility index (Phi) is 7.34. The van der Waals surface area contributed by atoms with Crippen LogP contribution in [0.2, 0.25) is 0 Å². The second-order valence-electron chi connectivity index (χ2n) is 4.33. The third-order valence-electron chi connectivity index (χ3n) is 2.65. The average molecular weight is 299 g/mol. The fraction of sp³-hybridized carbons (Fsp3) is 0.429. The molecule has 2 N–H and O–H groups in total. The maximum atomic E-state index is 12.8. The summed E-state index contributed by atoms with van der Waals surface area (Å²) in [5.74, 6) is -2.09. The van der Waals surface area contributed by atoms with Crippen molar-refractivity contribution >= 4 is 11.9 Å². The van der Waals surface area contributed by atoms with E-state index in [2.05, 4.69) is 5.32 Å². The highest BCUT2D eigenvalue weighted by Crippen LogP contribution is 2.06. The van der Waals surface area contributed by atoms with Gasteiger partial charge in [0.05, 0.1) is 13.2 Å². The molecule has 0 bridgehead atoms. The molecule has 1 rings (SSSR count). The molecule has 0 fully saturated rings. The number of halogens is 1. The van der Waals surface area contributed by atoms with Gasteiger partial charge in [-0.25, -0.2) is 9.18 Å². The molecule has 1 aromatic carbocycles. The second-order valence-corrected chi connectivity index (χ2v) is 4.33. The molecule has 7 heteroatoms. The largest absolute Gasteiger partial charge is 0.480 e. The zero-order valence-electron chi connectivity index (χ0n) is 11.7. The maximum absolute atomic E-state index is 12.8. The molecule has 116 valence electrons. The van der Waals surface area contributed by atoms with Crippen molar-refractivity contribution in [2.24, 2.45) is 0 Å². The normalized spacial score (nSPS) is 11.9. The third-order valence-corrected chi connectivity index (χ3v) is 2.65.